The molecule has 1 unspecified atom stereocenters. The van der Waals surface area contributed by atoms with Gasteiger partial charge >= 0.3 is 5.97 Å². The minimum atomic E-state index is -0.729. The van der Waals surface area contributed by atoms with Crippen LogP contribution in [-0.2, 0) is 11.3 Å². The number of aromatic nitrogens is 2. The zero-order chi connectivity index (χ0) is 13.2. The van der Waals surface area contributed by atoms with Gasteiger partial charge in [0.25, 0.3) is 0 Å². The molecule has 2 aromatic heterocycles. The number of carboxylic acid groups (broad SMARTS) is 1. The molecule has 19 heavy (non-hydrogen) atoms. The van der Waals surface area contributed by atoms with Gasteiger partial charge < -0.3 is 9.63 Å². The highest BCUT2D eigenvalue weighted by atomic mass is 32.1. The van der Waals surface area contributed by atoms with Crippen molar-refractivity contribution in [3.63, 3.8) is 0 Å². The lowest BCUT2D eigenvalue weighted by atomic mass is 10.1. The summed E-state index contributed by atoms with van der Waals surface area (Å²) in [6.45, 7) is 1.82. The van der Waals surface area contributed by atoms with Crippen molar-refractivity contribution >= 4 is 17.3 Å². The van der Waals surface area contributed by atoms with Gasteiger partial charge in [-0.15, -0.1) is 11.3 Å². The van der Waals surface area contributed by atoms with Gasteiger partial charge in [0.05, 0.1) is 17.3 Å². The maximum Gasteiger partial charge on any atom is 0.307 e. The molecule has 7 heteroatoms. The number of aliphatic carboxylic acids is 1. The molecule has 6 nitrogen and oxygen atoms in total. The monoisotopic (exact) mass is 279 g/mol. The van der Waals surface area contributed by atoms with Crippen LogP contribution in [0.5, 0.6) is 0 Å². The first-order valence-corrected chi connectivity index (χ1v) is 6.92. The van der Waals surface area contributed by atoms with Crippen LogP contribution in [0, 0.1) is 5.92 Å². The zero-order valence-corrected chi connectivity index (χ0v) is 11.0. The van der Waals surface area contributed by atoms with Crippen LogP contribution < -0.4 is 0 Å². The number of carbonyl (C=O) groups is 1. The van der Waals surface area contributed by atoms with E-state index in [1.54, 1.807) is 11.3 Å². The summed E-state index contributed by atoms with van der Waals surface area (Å²) in [5.74, 6) is 0.125. The highest BCUT2D eigenvalue weighted by Gasteiger charge is 2.28. The van der Waals surface area contributed by atoms with Crippen molar-refractivity contribution in [3.8, 4) is 10.7 Å². The van der Waals surface area contributed by atoms with Gasteiger partial charge in [0, 0.05) is 6.54 Å². The summed E-state index contributed by atoms with van der Waals surface area (Å²) < 4.78 is 5.20. The Bertz CT molecular complexity index is 567. The van der Waals surface area contributed by atoms with Crippen LogP contribution in [0.2, 0.25) is 0 Å². The minimum Gasteiger partial charge on any atom is -0.481 e. The Kier molecular flexibility index (Phi) is 3.31. The van der Waals surface area contributed by atoms with Crippen molar-refractivity contribution in [1.82, 2.24) is 15.0 Å². The molecule has 3 heterocycles. The highest BCUT2D eigenvalue weighted by molar-refractivity contribution is 7.13. The summed E-state index contributed by atoms with van der Waals surface area (Å²) in [5, 5.41) is 14.8. The van der Waals surface area contributed by atoms with Gasteiger partial charge in [0.2, 0.25) is 11.7 Å². The second-order valence-electron chi connectivity index (χ2n) is 4.55. The molecule has 1 N–H and O–H groups in total. The molecular weight excluding hydrogens is 266 g/mol. The van der Waals surface area contributed by atoms with E-state index < -0.39 is 5.97 Å². The van der Waals surface area contributed by atoms with Crippen LogP contribution in [0.25, 0.3) is 10.7 Å². The van der Waals surface area contributed by atoms with E-state index in [0.717, 1.165) is 11.4 Å². The van der Waals surface area contributed by atoms with Crippen LogP contribution >= 0.6 is 11.3 Å². The van der Waals surface area contributed by atoms with Crippen molar-refractivity contribution in [2.75, 3.05) is 13.1 Å². The van der Waals surface area contributed by atoms with Gasteiger partial charge in [0.1, 0.15) is 0 Å². The molecule has 100 valence electrons. The second kappa shape index (κ2) is 5.10. The molecule has 0 bridgehead atoms. The number of hydrogen-bond acceptors (Lipinski definition) is 6. The Hall–Kier alpha value is -1.73. The summed E-state index contributed by atoms with van der Waals surface area (Å²) in [6, 6.07) is 3.88. The van der Waals surface area contributed by atoms with E-state index in [0.29, 0.717) is 31.2 Å². The maximum absolute atomic E-state index is 10.9. The van der Waals surface area contributed by atoms with Crippen LogP contribution in [0.1, 0.15) is 12.3 Å². The van der Waals surface area contributed by atoms with Gasteiger partial charge in [-0.2, -0.15) is 4.98 Å². The van der Waals surface area contributed by atoms with Gasteiger partial charge in [-0.3, -0.25) is 9.69 Å². The van der Waals surface area contributed by atoms with Crippen molar-refractivity contribution in [2.24, 2.45) is 5.92 Å². The molecular formula is C12H13N3O3S. The Balaban J connectivity index is 1.64. The quantitative estimate of drug-likeness (QED) is 0.917. The van der Waals surface area contributed by atoms with E-state index >= 15 is 0 Å². The molecule has 0 amide bonds. The van der Waals surface area contributed by atoms with Gasteiger partial charge in [0.15, 0.2) is 0 Å². The molecule has 0 spiro atoms. The fourth-order valence-electron chi connectivity index (χ4n) is 2.19. The zero-order valence-electron chi connectivity index (χ0n) is 10.2. The summed E-state index contributed by atoms with van der Waals surface area (Å²) >= 11 is 1.56. The molecule has 3 rings (SSSR count). The molecule has 2 aromatic rings. The van der Waals surface area contributed by atoms with Crippen LogP contribution in [0.3, 0.4) is 0 Å². The number of hydrogen-bond donors (Lipinski definition) is 1. The van der Waals surface area contributed by atoms with Crippen molar-refractivity contribution in [3.05, 3.63) is 23.4 Å². The van der Waals surface area contributed by atoms with Gasteiger partial charge in [-0.05, 0) is 24.4 Å². The summed E-state index contributed by atoms with van der Waals surface area (Å²) in [7, 11) is 0. The SMILES string of the molecule is O=C(O)C1CCN(Cc2nc(-c3cccs3)no2)C1. The number of thiophene rings is 1. The highest BCUT2D eigenvalue weighted by Crippen LogP contribution is 2.23. The molecule has 0 radical (unpaired) electrons. The number of likely N-dealkylation sites (tertiary alicyclic amines) is 1. The smallest absolute Gasteiger partial charge is 0.307 e. The average Bonchev–Trinajstić information content (AvgIpc) is 3.09. The van der Waals surface area contributed by atoms with E-state index in [9.17, 15) is 4.79 Å². The van der Waals surface area contributed by atoms with Crippen LogP contribution in [-0.4, -0.2) is 39.2 Å². The predicted molar refractivity (Wildman–Crippen MR) is 68.6 cm³/mol. The van der Waals surface area contributed by atoms with Gasteiger partial charge in [-0.1, -0.05) is 11.2 Å². The number of carboxylic acids is 1. The summed E-state index contributed by atoms with van der Waals surface area (Å²) in [4.78, 5) is 18.2. The third kappa shape index (κ3) is 2.66. The third-order valence-electron chi connectivity index (χ3n) is 3.19. The first-order valence-electron chi connectivity index (χ1n) is 6.04. The topological polar surface area (TPSA) is 79.5 Å². The minimum absolute atomic E-state index is 0.278. The maximum atomic E-state index is 10.9. The molecule has 1 fully saturated rings. The Labute approximate surface area is 113 Å². The first kappa shape index (κ1) is 12.3. The Morgan fingerprint density at radius 3 is 3.21 bits per heavy atom. The fourth-order valence-corrected chi connectivity index (χ4v) is 2.84. The summed E-state index contributed by atoms with van der Waals surface area (Å²) in [5.41, 5.74) is 0. The second-order valence-corrected chi connectivity index (χ2v) is 5.50. The molecule has 1 atom stereocenters. The molecule has 1 aliphatic rings. The van der Waals surface area contributed by atoms with Gasteiger partial charge in [-0.25, -0.2) is 0 Å². The van der Waals surface area contributed by atoms with E-state index in [4.69, 9.17) is 9.63 Å². The normalized spacial score (nSPS) is 19.9. The van der Waals surface area contributed by atoms with Crippen LogP contribution in [0.15, 0.2) is 22.0 Å². The summed E-state index contributed by atoms with van der Waals surface area (Å²) in [6.07, 6.45) is 0.682. The first-order chi connectivity index (χ1) is 9.22. The Morgan fingerprint density at radius 1 is 1.63 bits per heavy atom. The molecule has 1 aliphatic heterocycles. The molecule has 0 aliphatic carbocycles. The van der Waals surface area contributed by atoms with Crippen molar-refractivity contribution in [2.45, 2.75) is 13.0 Å². The average molecular weight is 279 g/mol. The van der Waals surface area contributed by atoms with E-state index in [2.05, 4.69) is 10.1 Å². The fraction of sp³-hybridized carbons (Fsp3) is 0.417. The lowest BCUT2D eigenvalue weighted by Crippen LogP contribution is -2.22. The van der Waals surface area contributed by atoms with E-state index in [-0.39, 0.29) is 5.92 Å². The third-order valence-corrected chi connectivity index (χ3v) is 4.06. The van der Waals surface area contributed by atoms with E-state index in [1.807, 2.05) is 22.4 Å². The standard InChI is InChI=1S/C12H13N3O3S/c16-12(17)8-3-4-15(6-8)7-10-13-11(14-18-10)9-2-1-5-19-9/h1-2,5,8H,3-4,6-7H2,(H,16,17). The molecule has 1 saturated heterocycles. The number of nitrogens with zero attached hydrogens (tertiary/aromatic N) is 3. The molecule has 0 aromatic carbocycles. The van der Waals surface area contributed by atoms with Crippen LogP contribution in [0.4, 0.5) is 0 Å². The van der Waals surface area contributed by atoms with E-state index in [1.165, 1.54) is 0 Å². The van der Waals surface area contributed by atoms with Crippen molar-refractivity contribution in [1.29, 1.82) is 0 Å². The molecule has 0 saturated carbocycles. The predicted octanol–water partition coefficient (Wildman–Crippen LogP) is 1.70. The lowest BCUT2D eigenvalue weighted by Gasteiger charge is -2.11. The largest absolute Gasteiger partial charge is 0.481 e. The Morgan fingerprint density at radius 2 is 2.53 bits per heavy atom. The van der Waals surface area contributed by atoms with Crippen molar-refractivity contribution < 1.29 is 14.4 Å². The lowest BCUT2D eigenvalue weighted by molar-refractivity contribution is -0.141. The number of rotatable bonds is 4.